The van der Waals surface area contributed by atoms with Crippen LogP contribution in [0.4, 0.5) is 0 Å². The Kier molecular flexibility index (Phi) is 7.53. The molecule has 1 aromatic heterocycles. The molecule has 2 heterocycles. The predicted octanol–water partition coefficient (Wildman–Crippen LogP) is 13.1. The lowest BCUT2D eigenvalue weighted by atomic mass is 9.64. The molecule has 8 aromatic rings. The summed E-state index contributed by atoms with van der Waals surface area (Å²) in [5.74, 6) is 2.61. The number of allylic oxidation sites excluding steroid dienone is 3. The maximum atomic E-state index is 6.84. The van der Waals surface area contributed by atoms with Gasteiger partial charge in [0.1, 0.15) is 11.5 Å². The van der Waals surface area contributed by atoms with E-state index in [-0.39, 0.29) is 0 Å². The second kappa shape index (κ2) is 13.0. The van der Waals surface area contributed by atoms with Crippen LogP contribution in [-0.4, -0.2) is 9.97 Å². The highest BCUT2D eigenvalue weighted by molar-refractivity contribution is 5.89. The van der Waals surface area contributed by atoms with Crippen LogP contribution in [-0.2, 0) is 5.41 Å². The van der Waals surface area contributed by atoms with Crippen LogP contribution in [0.5, 0.6) is 5.75 Å². The Morgan fingerprint density at radius 3 is 1.66 bits per heavy atom. The molecule has 3 aliphatic rings. The summed E-state index contributed by atoms with van der Waals surface area (Å²) in [6.07, 6.45) is 6.68. The third kappa shape index (κ3) is 5.05. The van der Waals surface area contributed by atoms with Gasteiger partial charge >= 0.3 is 0 Å². The van der Waals surface area contributed by atoms with Gasteiger partial charge in [0.05, 0.1) is 16.8 Å². The van der Waals surface area contributed by atoms with Crippen LogP contribution < -0.4 is 4.74 Å². The van der Waals surface area contributed by atoms with Crippen LogP contribution in [0.3, 0.4) is 0 Å². The normalized spacial score (nSPS) is 14.4. The van der Waals surface area contributed by atoms with Crippen molar-refractivity contribution in [3.05, 3.63) is 222 Å². The highest BCUT2D eigenvalue weighted by Gasteiger charge is 2.52. The van der Waals surface area contributed by atoms with Crippen LogP contribution in [0.2, 0.25) is 0 Å². The molecule has 3 nitrogen and oxygen atoms in total. The minimum Gasteiger partial charge on any atom is -0.457 e. The van der Waals surface area contributed by atoms with Crippen molar-refractivity contribution in [1.82, 2.24) is 9.97 Å². The van der Waals surface area contributed by atoms with Gasteiger partial charge in [-0.05, 0) is 75.6 Å². The van der Waals surface area contributed by atoms with Gasteiger partial charge in [0.25, 0.3) is 0 Å². The maximum Gasteiger partial charge on any atom is 0.160 e. The van der Waals surface area contributed by atoms with Crippen molar-refractivity contribution in [2.45, 2.75) is 18.3 Å². The fourth-order valence-electron chi connectivity index (χ4n) is 9.12. The first-order chi connectivity index (χ1) is 27.8. The molecule has 0 fully saturated rings. The van der Waals surface area contributed by atoms with Crippen LogP contribution in [0.15, 0.2) is 205 Å². The van der Waals surface area contributed by atoms with Gasteiger partial charge in [-0.25, -0.2) is 9.97 Å². The zero-order valence-corrected chi connectivity index (χ0v) is 30.7. The Morgan fingerprint density at radius 2 is 0.946 bits per heavy atom. The Morgan fingerprint density at radius 1 is 0.393 bits per heavy atom. The van der Waals surface area contributed by atoms with Gasteiger partial charge in [-0.1, -0.05) is 176 Å². The lowest BCUT2D eigenvalue weighted by Gasteiger charge is -2.42. The Hall–Kier alpha value is -7.10. The molecule has 1 aliphatic heterocycles. The van der Waals surface area contributed by atoms with E-state index in [1.807, 2.05) is 24.3 Å². The van der Waals surface area contributed by atoms with Crippen LogP contribution in [0.1, 0.15) is 29.5 Å². The first-order valence-electron chi connectivity index (χ1n) is 19.4. The molecule has 11 rings (SSSR count). The maximum absolute atomic E-state index is 6.84. The lowest BCUT2D eigenvalue weighted by Crippen LogP contribution is -2.36. The smallest absolute Gasteiger partial charge is 0.160 e. The van der Waals surface area contributed by atoms with Crippen molar-refractivity contribution in [1.29, 1.82) is 0 Å². The van der Waals surface area contributed by atoms with E-state index >= 15 is 0 Å². The predicted molar refractivity (Wildman–Crippen MR) is 227 cm³/mol. The Bertz CT molecular complexity index is 2770. The van der Waals surface area contributed by atoms with Gasteiger partial charge in [-0.2, -0.15) is 0 Å². The monoisotopic (exact) mass is 716 g/mol. The van der Waals surface area contributed by atoms with Gasteiger partial charge in [0.2, 0.25) is 0 Å². The molecule has 0 N–H and O–H groups in total. The van der Waals surface area contributed by atoms with Gasteiger partial charge < -0.3 is 4.74 Å². The quantitative estimate of drug-likeness (QED) is 0.178. The summed E-state index contributed by atoms with van der Waals surface area (Å²) >= 11 is 0. The number of aromatic nitrogens is 2. The third-order valence-corrected chi connectivity index (χ3v) is 11.6. The summed E-state index contributed by atoms with van der Waals surface area (Å²) in [5.41, 5.74) is 16.7. The summed E-state index contributed by atoms with van der Waals surface area (Å²) in [4.78, 5) is 10.2. The van der Waals surface area contributed by atoms with E-state index in [9.17, 15) is 0 Å². The molecule has 56 heavy (non-hydrogen) atoms. The van der Waals surface area contributed by atoms with Gasteiger partial charge in [-0.15, -0.1) is 0 Å². The van der Waals surface area contributed by atoms with Crippen LogP contribution in [0.25, 0.3) is 67.3 Å². The van der Waals surface area contributed by atoms with E-state index < -0.39 is 5.41 Å². The molecule has 0 saturated heterocycles. The third-order valence-electron chi connectivity index (χ3n) is 11.6. The molecule has 7 aromatic carbocycles. The van der Waals surface area contributed by atoms with Crippen molar-refractivity contribution in [2.75, 3.05) is 0 Å². The largest absolute Gasteiger partial charge is 0.457 e. The molecule has 3 heteroatoms. The number of hydrogen-bond acceptors (Lipinski definition) is 3. The summed E-state index contributed by atoms with van der Waals surface area (Å²) in [5, 5.41) is 0. The number of nitrogens with zero attached hydrogens (tertiary/aromatic N) is 2. The molecular formula is C53H36N2O. The molecular weight excluding hydrogens is 681 g/mol. The summed E-state index contributed by atoms with van der Waals surface area (Å²) in [7, 11) is 0. The molecule has 0 amide bonds. The van der Waals surface area contributed by atoms with Gasteiger partial charge in [-0.3, -0.25) is 0 Å². The van der Waals surface area contributed by atoms with Crippen LogP contribution >= 0.6 is 0 Å². The molecule has 0 unspecified atom stereocenters. The average molecular weight is 717 g/mol. The Labute approximate surface area is 327 Å². The number of hydrogen-bond donors (Lipinski definition) is 0. The SMILES string of the molecule is C1=C2Oc3cc(-c4ccc(-c5ccccc5-c5cc(-c6ccccc6)nc(-c6ccccc6)n5)cc4)ccc3C3(C2=CCC1)c1ccccc1-c1ccccc13. The molecule has 2 aliphatic carbocycles. The second-order valence-corrected chi connectivity index (χ2v) is 14.7. The van der Waals surface area contributed by atoms with Gasteiger partial charge in [0, 0.05) is 27.8 Å². The van der Waals surface area contributed by atoms with Crippen LogP contribution in [0, 0.1) is 0 Å². The van der Waals surface area contributed by atoms with Crippen molar-refractivity contribution >= 4 is 0 Å². The average Bonchev–Trinajstić information content (AvgIpc) is 3.57. The molecule has 1 spiro atoms. The topological polar surface area (TPSA) is 35.0 Å². The summed E-state index contributed by atoms with van der Waals surface area (Å²) < 4.78 is 6.84. The summed E-state index contributed by atoms with van der Waals surface area (Å²) in [6.45, 7) is 0. The molecule has 264 valence electrons. The zero-order chi connectivity index (χ0) is 37.1. The minimum absolute atomic E-state index is 0.416. The number of fused-ring (bicyclic) bond motifs is 9. The lowest BCUT2D eigenvalue weighted by molar-refractivity contribution is 0.383. The number of benzene rings is 7. The molecule has 0 bridgehead atoms. The summed E-state index contributed by atoms with van der Waals surface area (Å²) in [6, 6.07) is 64.8. The van der Waals surface area contributed by atoms with E-state index in [0.717, 1.165) is 74.7 Å². The van der Waals surface area contributed by atoms with Crippen molar-refractivity contribution in [3.63, 3.8) is 0 Å². The molecule has 0 atom stereocenters. The van der Waals surface area contributed by atoms with Crippen molar-refractivity contribution in [2.24, 2.45) is 0 Å². The highest BCUT2D eigenvalue weighted by atomic mass is 16.5. The first-order valence-corrected chi connectivity index (χ1v) is 19.4. The fraction of sp³-hybridized carbons (Fsp3) is 0.0566. The molecule has 0 radical (unpaired) electrons. The van der Waals surface area contributed by atoms with Crippen molar-refractivity contribution in [3.8, 4) is 73.0 Å². The van der Waals surface area contributed by atoms with Gasteiger partial charge in [0.15, 0.2) is 5.82 Å². The van der Waals surface area contributed by atoms with Crippen molar-refractivity contribution < 1.29 is 4.74 Å². The molecule has 0 saturated carbocycles. The van der Waals surface area contributed by atoms with E-state index in [1.54, 1.807) is 0 Å². The number of ether oxygens (including phenoxy) is 1. The van der Waals surface area contributed by atoms with E-state index in [0.29, 0.717) is 5.82 Å². The minimum atomic E-state index is -0.416. The fourth-order valence-corrected chi connectivity index (χ4v) is 9.12. The first kappa shape index (κ1) is 32.3. The highest BCUT2D eigenvalue weighted by Crippen LogP contribution is 2.62. The van der Waals surface area contributed by atoms with E-state index in [4.69, 9.17) is 14.7 Å². The van der Waals surface area contributed by atoms with E-state index in [1.165, 1.54) is 33.4 Å². The number of rotatable bonds is 5. The second-order valence-electron chi connectivity index (χ2n) is 14.7. The Balaban J connectivity index is 0.996. The van der Waals surface area contributed by atoms with E-state index in [2.05, 4.69) is 170 Å². The zero-order valence-electron chi connectivity index (χ0n) is 30.7. The standard InChI is InChI=1S/C53H36N2O/c1-3-15-37(16-4-1)48-34-49(55-52(54-48)38-17-5-2-6-18-38)43-22-8-7-19-40(43)36-29-27-35(28-30-36)39-31-32-47-51(33-39)56-50-26-14-13-25-46(50)53(47)44-23-11-9-20-41(44)42-21-10-12-24-45(42)53/h1-12,15-34H,13-14H2.